The van der Waals surface area contributed by atoms with E-state index in [-0.39, 0.29) is 23.8 Å². The Morgan fingerprint density at radius 2 is 2.12 bits per heavy atom. The van der Waals surface area contributed by atoms with E-state index in [0.29, 0.717) is 17.7 Å². The molecule has 24 heavy (non-hydrogen) atoms. The maximum Gasteiger partial charge on any atom is 0.251 e. The molecule has 6 nitrogen and oxygen atoms in total. The van der Waals surface area contributed by atoms with E-state index in [9.17, 15) is 9.59 Å². The molecule has 0 saturated carbocycles. The van der Waals surface area contributed by atoms with Crippen LogP contribution in [-0.4, -0.2) is 48.9 Å². The standard InChI is InChI=1S/C18H22N4O2/c19-10-13-4-3-5-15(8-13)17(23)21-12-14-9-16(20-11-14)18(24)22-6-1-2-7-22/h3-5,8,14,16,20H,1-2,6-7,9,11-12H2,(H,21,23)/t14?,16-/m0/s1. The zero-order valence-corrected chi connectivity index (χ0v) is 13.6. The fraction of sp³-hybridized carbons (Fsp3) is 0.500. The summed E-state index contributed by atoms with van der Waals surface area (Å²) in [6.07, 6.45) is 2.95. The van der Waals surface area contributed by atoms with Crippen molar-refractivity contribution < 1.29 is 9.59 Å². The molecule has 0 radical (unpaired) electrons. The molecular weight excluding hydrogens is 304 g/mol. The topological polar surface area (TPSA) is 85.2 Å². The van der Waals surface area contributed by atoms with Gasteiger partial charge in [-0.15, -0.1) is 0 Å². The Balaban J connectivity index is 1.48. The average molecular weight is 326 g/mol. The number of amides is 2. The van der Waals surface area contributed by atoms with Gasteiger partial charge < -0.3 is 15.5 Å². The van der Waals surface area contributed by atoms with Gasteiger partial charge in [-0.25, -0.2) is 0 Å². The van der Waals surface area contributed by atoms with E-state index in [2.05, 4.69) is 10.6 Å². The van der Waals surface area contributed by atoms with Crippen molar-refractivity contribution in [2.75, 3.05) is 26.2 Å². The minimum absolute atomic E-state index is 0.119. The fourth-order valence-corrected chi connectivity index (χ4v) is 3.38. The van der Waals surface area contributed by atoms with Crippen molar-refractivity contribution in [1.82, 2.24) is 15.5 Å². The number of carbonyl (C=O) groups excluding carboxylic acids is 2. The number of nitrogens with one attached hydrogen (secondary N) is 2. The van der Waals surface area contributed by atoms with Crippen molar-refractivity contribution in [1.29, 1.82) is 5.26 Å². The first-order valence-corrected chi connectivity index (χ1v) is 8.48. The Morgan fingerprint density at radius 1 is 1.33 bits per heavy atom. The van der Waals surface area contributed by atoms with Crippen molar-refractivity contribution in [3.63, 3.8) is 0 Å². The summed E-state index contributed by atoms with van der Waals surface area (Å²) in [5.41, 5.74) is 0.964. The molecule has 2 amide bonds. The first-order valence-electron chi connectivity index (χ1n) is 8.48. The number of benzene rings is 1. The van der Waals surface area contributed by atoms with Gasteiger partial charge in [-0.2, -0.15) is 5.26 Å². The summed E-state index contributed by atoms with van der Waals surface area (Å²) in [4.78, 5) is 26.5. The normalized spacial score (nSPS) is 23.0. The number of nitriles is 1. The van der Waals surface area contributed by atoms with Gasteiger partial charge in [0.25, 0.3) is 5.91 Å². The zero-order valence-electron chi connectivity index (χ0n) is 13.6. The summed E-state index contributed by atoms with van der Waals surface area (Å²) in [5.74, 6) is 0.272. The molecule has 2 aliphatic rings. The van der Waals surface area contributed by atoms with Crippen LogP contribution in [0.2, 0.25) is 0 Å². The lowest BCUT2D eigenvalue weighted by molar-refractivity contribution is -0.132. The molecule has 2 saturated heterocycles. The second kappa shape index (κ2) is 7.45. The van der Waals surface area contributed by atoms with Gasteiger partial charge >= 0.3 is 0 Å². The zero-order chi connectivity index (χ0) is 16.9. The summed E-state index contributed by atoms with van der Waals surface area (Å²) in [7, 11) is 0. The molecule has 2 aliphatic heterocycles. The Bertz CT molecular complexity index is 661. The number of likely N-dealkylation sites (tertiary alicyclic amines) is 1. The Hall–Kier alpha value is -2.39. The molecule has 3 rings (SSSR count). The van der Waals surface area contributed by atoms with Crippen LogP contribution in [0, 0.1) is 17.2 Å². The lowest BCUT2D eigenvalue weighted by atomic mass is 10.0. The number of hydrogen-bond donors (Lipinski definition) is 2. The van der Waals surface area contributed by atoms with Crippen molar-refractivity contribution in [2.24, 2.45) is 5.92 Å². The predicted molar refractivity (Wildman–Crippen MR) is 89.2 cm³/mol. The largest absolute Gasteiger partial charge is 0.352 e. The molecule has 1 aromatic rings. The Morgan fingerprint density at radius 3 is 2.88 bits per heavy atom. The number of carbonyl (C=O) groups is 2. The van der Waals surface area contributed by atoms with Gasteiger partial charge in [0.1, 0.15) is 0 Å². The van der Waals surface area contributed by atoms with Crippen LogP contribution in [0.4, 0.5) is 0 Å². The van der Waals surface area contributed by atoms with Crippen LogP contribution in [-0.2, 0) is 4.79 Å². The molecule has 0 aliphatic carbocycles. The first kappa shape index (κ1) is 16.5. The predicted octanol–water partition coefficient (Wildman–Crippen LogP) is 0.889. The van der Waals surface area contributed by atoms with Gasteiger partial charge in [0, 0.05) is 31.7 Å². The van der Waals surface area contributed by atoms with Gasteiger partial charge in [-0.1, -0.05) is 6.07 Å². The van der Waals surface area contributed by atoms with Crippen molar-refractivity contribution in [3.8, 4) is 6.07 Å². The minimum atomic E-state index is -0.179. The van der Waals surface area contributed by atoms with Crippen LogP contribution in [0.5, 0.6) is 0 Å². The van der Waals surface area contributed by atoms with E-state index in [1.54, 1.807) is 24.3 Å². The van der Waals surface area contributed by atoms with E-state index in [1.165, 1.54) is 0 Å². The highest BCUT2D eigenvalue weighted by atomic mass is 16.2. The molecule has 6 heteroatoms. The maximum absolute atomic E-state index is 12.4. The van der Waals surface area contributed by atoms with E-state index in [1.807, 2.05) is 11.0 Å². The van der Waals surface area contributed by atoms with Crippen LogP contribution >= 0.6 is 0 Å². The molecule has 0 spiro atoms. The van der Waals surface area contributed by atoms with Crippen LogP contribution in [0.15, 0.2) is 24.3 Å². The average Bonchev–Trinajstić information content (AvgIpc) is 3.31. The Labute approximate surface area is 141 Å². The number of rotatable bonds is 4. The monoisotopic (exact) mass is 326 g/mol. The van der Waals surface area contributed by atoms with Gasteiger partial charge in [0.15, 0.2) is 0 Å². The quantitative estimate of drug-likeness (QED) is 0.860. The molecule has 0 aromatic heterocycles. The van der Waals surface area contributed by atoms with Gasteiger partial charge in [-0.3, -0.25) is 9.59 Å². The van der Waals surface area contributed by atoms with Crippen LogP contribution in [0.3, 0.4) is 0 Å². The number of nitrogens with zero attached hydrogens (tertiary/aromatic N) is 2. The summed E-state index contributed by atoms with van der Waals surface area (Å²) in [5, 5.41) is 15.1. The van der Waals surface area contributed by atoms with E-state index >= 15 is 0 Å². The molecule has 0 bridgehead atoms. The number of hydrogen-bond acceptors (Lipinski definition) is 4. The first-order chi connectivity index (χ1) is 11.7. The molecule has 2 N–H and O–H groups in total. The van der Waals surface area contributed by atoms with E-state index < -0.39 is 0 Å². The molecule has 1 unspecified atom stereocenters. The summed E-state index contributed by atoms with van der Waals surface area (Å²) >= 11 is 0. The highest BCUT2D eigenvalue weighted by Crippen LogP contribution is 2.18. The van der Waals surface area contributed by atoms with Crippen molar-refractivity contribution in [2.45, 2.75) is 25.3 Å². The lowest BCUT2D eigenvalue weighted by Crippen LogP contribution is -2.42. The molecular formula is C18H22N4O2. The highest BCUT2D eigenvalue weighted by Gasteiger charge is 2.33. The van der Waals surface area contributed by atoms with E-state index in [0.717, 1.165) is 38.9 Å². The summed E-state index contributed by atoms with van der Waals surface area (Å²) in [6, 6.07) is 8.57. The lowest BCUT2D eigenvalue weighted by Gasteiger charge is -2.20. The highest BCUT2D eigenvalue weighted by molar-refractivity contribution is 5.94. The van der Waals surface area contributed by atoms with Gasteiger partial charge in [-0.05, 0) is 43.4 Å². The fourth-order valence-electron chi connectivity index (χ4n) is 3.38. The maximum atomic E-state index is 12.4. The second-order valence-corrected chi connectivity index (χ2v) is 6.50. The third-order valence-electron chi connectivity index (χ3n) is 4.74. The van der Waals surface area contributed by atoms with Crippen molar-refractivity contribution in [3.05, 3.63) is 35.4 Å². The van der Waals surface area contributed by atoms with E-state index in [4.69, 9.17) is 5.26 Å². The molecule has 2 fully saturated rings. The molecule has 2 heterocycles. The summed E-state index contributed by atoms with van der Waals surface area (Å²) < 4.78 is 0. The van der Waals surface area contributed by atoms with Crippen molar-refractivity contribution >= 4 is 11.8 Å². The van der Waals surface area contributed by atoms with Crippen LogP contribution in [0.1, 0.15) is 35.2 Å². The Kier molecular flexibility index (Phi) is 5.11. The summed E-state index contributed by atoms with van der Waals surface area (Å²) in [6.45, 7) is 3.01. The molecule has 2 atom stereocenters. The van der Waals surface area contributed by atoms with Gasteiger partial charge in [0.05, 0.1) is 17.7 Å². The van der Waals surface area contributed by atoms with Crippen LogP contribution < -0.4 is 10.6 Å². The third kappa shape index (κ3) is 3.74. The second-order valence-electron chi connectivity index (χ2n) is 6.50. The third-order valence-corrected chi connectivity index (χ3v) is 4.74. The molecule has 1 aromatic carbocycles. The van der Waals surface area contributed by atoms with Crippen LogP contribution in [0.25, 0.3) is 0 Å². The van der Waals surface area contributed by atoms with Gasteiger partial charge in [0.2, 0.25) is 5.91 Å². The smallest absolute Gasteiger partial charge is 0.251 e. The molecule has 126 valence electrons. The minimum Gasteiger partial charge on any atom is -0.352 e. The SMILES string of the molecule is N#Cc1cccc(C(=O)NCC2CN[C@H](C(=O)N3CCCC3)C2)c1.